The van der Waals surface area contributed by atoms with Crippen LogP contribution in [0.4, 0.5) is 5.69 Å². The Balaban J connectivity index is 1.26. The highest BCUT2D eigenvalue weighted by atomic mass is 15.2. The summed E-state index contributed by atoms with van der Waals surface area (Å²) in [5.41, 5.74) is 9.26. The molecule has 0 aromatic carbocycles. The minimum absolute atomic E-state index is 0.546. The van der Waals surface area contributed by atoms with Crippen molar-refractivity contribution in [2.75, 3.05) is 5.32 Å². The van der Waals surface area contributed by atoms with Gasteiger partial charge in [-0.25, -0.2) is 9.97 Å². The van der Waals surface area contributed by atoms with Gasteiger partial charge in [-0.3, -0.25) is 20.1 Å². The fourth-order valence-corrected chi connectivity index (χ4v) is 4.69. The van der Waals surface area contributed by atoms with E-state index in [1.807, 2.05) is 42.7 Å². The molecular weight excluding hydrogens is 462 g/mol. The van der Waals surface area contributed by atoms with E-state index in [1.165, 1.54) is 19.3 Å². The van der Waals surface area contributed by atoms with Gasteiger partial charge in [0.2, 0.25) is 0 Å². The molecule has 37 heavy (non-hydrogen) atoms. The lowest BCUT2D eigenvalue weighted by atomic mass is 9.83. The summed E-state index contributed by atoms with van der Waals surface area (Å²) in [5, 5.41) is 11.1. The van der Waals surface area contributed by atoms with Crippen molar-refractivity contribution in [1.82, 2.24) is 40.1 Å². The Bertz CT molecular complexity index is 1760. The summed E-state index contributed by atoms with van der Waals surface area (Å²) in [7, 11) is 0. The molecule has 0 atom stereocenters. The van der Waals surface area contributed by atoms with Crippen LogP contribution in [0, 0.1) is 5.92 Å². The first-order valence-electron chi connectivity index (χ1n) is 12.2. The number of allylic oxidation sites excluding steroid dienone is 1. The van der Waals surface area contributed by atoms with Gasteiger partial charge in [0.25, 0.3) is 0 Å². The molecule has 1 saturated carbocycles. The van der Waals surface area contributed by atoms with Gasteiger partial charge in [-0.2, -0.15) is 5.10 Å². The summed E-state index contributed by atoms with van der Waals surface area (Å²) >= 11 is 0. The van der Waals surface area contributed by atoms with Crippen LogP contribution in [-0.2, 0) is 0 Å². The fourth-order valence-electron chi connectivity index (χ4n) is 4.69. The van der Waals surface area contributed by atoms with Crippen molar-refractivity contribution in [3.8, 4) is 34.0 Å². The number of aromatic amines is 2. The molecule has 9 heteroatoms. The van der Waals surface area contributed by atoms with Crippen LogP contribution in [0.15, 0.2) is 79.7 Å². The lowest BCUT2D eigenvalue weighted by Crippen LogP contribution is -2.18. The standard InChI is InChI=1S/C28H23N9/c1-16(17-3-2-4-17)32-20-13-19(14-30-15-20)21-5-6-23-26(33-21)27(37-36-23)28-34-22-9-12-31-24(25(22)35-28)18-7-10-29-11-8-18/h5-15,17,32H,1-4H2,(H,34,35)(H,36,37). The Kier molecular flexibility index (Phi) is 4.99. The summed E-state index contributed by atoms with van der Waals surface area (Å²) in [5.74, 6) is 1.17. The molecule has 1 aliphatic carbocycles. The lowest BCUT2D eigenvalue weighted by Gasteiger charge is -2.28. The van der Waals surface area contributed by atoms with Crippen molar-refractivity contribution in [2.45, 2.75) is 19.3 Å². The van der Waals surface area contributed by atoms with Crippen LogP contribution in [-0.4, -0.2) is 40.1 Å². The molecule has 0 radical (unpaired) electrons. The summed E-state index contributed by atoms with van der Waals surface area (Å²) < 4.78 is 0. The molecule has 6 heterocycles. The monoisotopic (exact) mass is 485 g/mol. The van der Waals surface area contributed by atoms with E-state index in [-0.39, 0.29) is 0 Å². The molecule has 6 aromatic heterocycles. The number of nitrogens with zero attached hydrogens (tertiary/aromatic N) is 6. The van der Waals surface area contributed by atoms with Crippen molar-refractivity contribution in [3.63, 3.8) is 0 Å². The second kappa shape index (κ2) is 8.63. The highest BCUT2D eigenvalue weighted by Gasteiger charge is 2.21. The quantitative estimate of drug-likeness (QED) is 0.275. The highest BCUT2D eigenvalue weighted by molar-refractivity contribution is 5.95. The van der Waals surface area contributed by atoms with E-state index >= 15 is 0 Å². The van der Waals surface area contributed by atoms with Gasteiger partial charge in [-0.15, -0.1) is 0 Å². The molecule has 0 bridgehead atoms. The number of nitrogens with one attached hydrogen (secondary N) is 3. The largest absolute Gasteiger partial charge is 0.358 e. The van der Waals surface area contributed by atoms with Crippen LogP contribution in [0.5, 0.6) is 0 Å². The van der Waals surface area contributed by atoms with Gasteiger partial charge < -0.3 is 10.3 Å². The third-order valence-corrected chi connectivity index (χ3v) is 6.92. The number of H-pyrrole nitrogens is 2. The van der Waals surface area contributed by atoms with Crippen molar-refractivity contribution in [3.05, 3.63) is 79.7 Å². The van der Waals surface area contributed by atoms with Crippen LogP contribution in [0.1, 0.15) is 19.3 Å². The van der Waals surface area contributed by atoms with Gasteiger partial charge >= 0.3 is 0 Å². The second-order valence-corrected chi connectivity index (χ2v) is 9.28. The zero-order valence-electron chi connectivity index (χ0n) is 19.9. The lowest BCUT2D eigenvalue weighted by molar-refractivity contribution is 0.371. The molecule has 0 unspecified atom stereocenters. The molecule has 0 spiro atoms. The summed E-state index contributed by atoms with van der Waals surface area (Å²) in [6.07, 6.45) is 12.6. The normalized spacial score (nSPS) is 13.6. The summed E-state index contributed by atoms with van der Waals surface area (Å²) in [6.45, 7) is 4.21. The number of fused-ring (bicyclic) bond motifs is 2. The third-order valence-electron chi connectivity index (χ3n) is 6.92. The Morgan fingerprint density at radius 2 is 1.73 bits per heavy atom. The summed E-state index contributed by atoms with van der Waals surface area (Å²) in [6, 6.07) is 11.8. The van der Waals surface area contributed by atoms with Gasteiger partial charge in [-0.05, 0) is 55.2 Å². The van der Waals surface area contributed by atoms with Crippen LogP contribution in [0.3, 0.4) is 0 Å². The minimum Gasteiger partial charge on any atom is -0.358 e. The molecule has 0 aliphatic heterocycles. The number of anilines is 1. The topological polar surface area (TPSA) is 121 Å². The number of aromatic nitrogens is 8. The van der Waals surface area contributed by atoms with Crippen molar-refractivity contribution >= 4 is 27.8 Å². The molecule has 1 aliphatic rings. The van der Waals surface area contributed by atoms with Gasteiger partial charge in [0, 0.05) is 41.6 Å². The molecule has 9 nitrogen and oxygen atoms in total. The second-order valence-electron chi connectivity index (χ2n) is 9.28. The average Bonchev–Trinajstić information content (AvgIpc) is 3.52. The zero-order chi connectivity index (χ0) is 24.8. The van der Waals surface area contributed by atoms with Crippen molar-refractivity contribution in [1.29, 1.82) is 0 Å². The molecule has 6 aromatic rings. The predicted octanol–water partition coefficient (Wildman–Crippen LogP) is 5.75. The fraction of sp³-hybridized carbons (Fsp3) is 0.143. The van der Waals surface area contributed by atoms with E-state index in [0.717, 1.165) is 56.0 Å². The molecule has 180 valence electrons. The van der Waals surface area contributed by atoms with Crippen LogP contribution in [0.2, 0.25) is 0 Å². The van der Waals surface area contributed by atoms with E-state index in [2.05, 4.69) is 48.1 Å². The van der Waals surface area contributed by atoms with E-state index < -0.39 is 0 Å². The minimum atomic E-state index is 0.546. The first-order chi connectivity index (χ1) is 18.2. The Labute approximate surface area is 212 Å². The Morgan fingerprint density at radius 1 is 0.865 bits per heavy atom. The molecule has 0 saturated heterocycles. The maximum atomic E-state index is 4.95. The van der Waals surface area contributed by atoms with Crippen LogP contribution < -0.4 is 5.32 Å². The molecule has 7 rings (SSSR count). The smallest absolute Gasteiger partial charge is 0.161 e. The van der Waals surface area contributed by atoms with E-state index in [9.17, 15) is 0 Å². The number of hydrogen-bond donors (Lipinski definition) is 3. The number of pyridine rings is 4. The number of rotatable bonds is 6. The van der Waals surface area contributed by atoms with E-state index in [0.29, 0.717) is 17.4 Å². The zero-order valence-corrected chi connectivity index (χ0v) is 19.9. The van der Waals surface area contributed by atoms with Crippen molar-refractivity contribution in [2.24, 2.45) is 5.92 Å². The third kappa shape index (κ3) is 3.81. The van der Waals surface area contributed by atoms with Crippen molar-refractivity contribution < 1.29 is 0 Å². The molecule has 0 amide bonds. The Hall–Kier alpha value is -4.92. The first-order valence-corrected chi connectivity index (χ1v) is 12.2. The highest BCUT2D eigenvalue weighted by Crippen LogP contribution is 2.34. The molecular formula is C28H23N9. The average molecular weight is 486 g/mol. The predicted molar refractivity (Wildman–Crippen MR) is 143 cm³/mol. The maximum absolute atomic E-state index is 4.95. The van der Waals surface area contributed by atoms with Gasteiger partial charge in [-0.1, -0.05) is 13.0 Å². The molecule has 1 fully saturated rings. The molecule has 3 N–H and O–H groups in total. The maximum Gasteiger partial charge on any atom is 0.161 e. The van der Waals surface area contributed by atoms with Gasteiger partial charge in [0.05, 0.1) is 34.3 Å². The van der Waals surface area contributed by atoms with E-state index in [1.54, 1.807) is 18.6 Å². The SMILES string of the molecule is C=C(Nc1cncc(-c2ccc3[nH]nc(-c4nc5c(-c6ccncc6)nccc5[nH]4)c3n2)c1)C1CCC1. The van der Waals surface area contributed by atoms with Crippen LogP contribution in [0.25, 0.3) is 56.1 Å². The van der Waals surface area contributed by atoms with Gasteiger partial charge in [0.1, 0.15) is 11.0 Å². The van der Waals surface area contributed by atoms with Gasteiger partial charge in [0.15, 0.2) is 11.5 Å². The van der Waals surface area contributed by atoms with Crippen LogP contribution >= 0.6 is 0 Å². The summed E-state index contributed by atoms with van der Waals surface area (Å²) in [4.78, 5) is 26.3. The number of hydrogen-bond acceptors (Lipinski definition) is 7. The number of imidazole rings is 1. The Morgan fingerprint density at radius 3 is 2.57 bits per heavy atom. The first kappa shape index (κ1) is 21.4. The van der Waals surface area contributed by atoms with E-state index in [4.69, 9.17) is 9.97 Å².